The molecule has 2 fully saturated rings. The van der Waals surface area contributed by atoms with Gasteiger partial charge < -0.3 is 15.4 Å². The molecule has 2 amide bonds. The van der Waals surface area contributed by atoms with E-state index in [0.29, 0.717) is 6.54 Å². The van der Waals surface area contributed by atoms with Crippen LogP contribution >= 0.6 is 0 Å². The second kappa shape index (κ2) is 6.47. The minimum Gasteiger partial charge on any atom is -0.379 e. The number of nitrogens with one attached hydrogen (secondary N) is 2. The summed E-state index contributed by atoms with van der Waals surface area (Å²) in [5.74, 6) is 2.85. The van der Waals surface area contributed by atoms with Gasteiger partial charge in [-0.25, -0.2) is 4.79 Å². The van der Waals surface area contributed by atoms with Crippen LogP contribution in [0.25, 0.3) is 0 Å². The fraction of sp³-hybridized carbons (Fsp3) is 0.800. The Labute approximate surface area is 121 Å². The van der Waals surface area contributed by atoms with Crippen LogP contribution in [0.3, 0.4) is 0 Å². The van der Waals surface area contributed by atoms with Crippen LogP contribution in [0.15, 0.2) is 0 Å². The molecular weight excluding hydrogens is 254 g/mol. The van der Waals surface area contributed by atoms with Crippen LogP contribution in [-0.2, 0) is 4.74 Å². The Kier molecular flexibility index (Phi) is 4.90. The minimum absolute atomic E-state index is 0.157. The molecule has 2 aliphatic rings. The number of nitrogens with zero attached hydrogens (tertiary/aromatic N) is 1. The molecule has 2 N–H and O–H groups in total. The van der Waals surface area contributed by atoms with Gasteiger partial charge in [-0.2, -0.15) is 0 Å². The summed E-state index contributed by atoms with van der Waals surface area (Å²) in [6.07, 6.45) is 7.72. The van der Waals surface area contributed by atoms with Gasteiger partial charge in [0.15, 0.2) is 0 Å². The van der Waals surface area contributed by atoms with Crippen LogP contribution in [0.1, 0.15) is 26.7 Å². The van der Waals surface area contributed by atoms with E-state index >= 15 is 0 Å². The third-order valence-corrected chi connectivity index (χ3v) is 4.22. The van der Waals surface area contributed by atoms with Gasteiger partial charge in [0.25, 0.3) is 0 Å². The highest BCUT2D eigenvalue weighted by Crippen LogP contribution is 2.41. The quantitative estimate of drug-likeness (QED) is 0.732. The molecule has 5 nitrogen and oxygen atoms in total. The van der Waals surface area contributed by atoms with E-state index in [1.54, 1.807) is 0 Å². The van der Waals surface area contributed by atoms with E-state index in [0.717, 1.165) is 39.1 Å². The number of hydrogen-bond acceptors (Lipinski definition) is 3. The van der Waals surface area contributed by atoms with E-state index in [1.165, 1.54) is 0 Å². The van der Waals surface area contributed by atoms with E-state index in [2.05, 4.69) is 21.5 Å². The van der Waals surface area contributed by atoms with Crippen molar-refractivity contribution in [3.63, 3.8) is 0 Å². The minimum atomic E-state index is -0.214. The molecule has 0 aromatic rings. The van der Waals surface area contributed by atoms with Gasteiger partial charge in [0.05, 0.1) is 19.3 Å². The summed E-state index contributed by atoms with van der Waals surface area (Å²) in [5.41, 5.74) is 0.157. The van der Waals surface area contributed by atoms with Crippen LogP contribution in [0, 0.1) is 18.3 Å². The highest BCUT2D eigenvalue weighted by atomic mass is 16.5. The van der Waals surface area contributed by atoms with Gasteiger partial charge in [-0.3, -0.25) is 4.90 Å². The molecule has 0 radical (unpaired) electrons. The van der Waals surface area contributed by atoms with Crippen LogP contribution in [-0.4, -0.2) is 55.4 Å². The van der Waals surface area contributed by atoms with E-state index in [1.807, 2.05) is 13.8 Å². The fourth-order valence-corrected chi connectivity index (χ4v) is 2.62. The first kappa shape index (κ1) is 15.1. The molecule has 2 rings (SSSR count). The molecule has 1 heterocycles. The largest absolute Gasteiger partial charge is 0.379 e. The summed E-state index contributed by atoms with van der Waals surface area (Å²) in [5, 5.41) is 5.81. The first-order valence-electron chi connectivity index (χ1n) is 7.41. The number of carbonyl (C=O) groups is 1. The zero-order valence-corrected chi connectivity index (χ0v) is 12.4. The predicted molar refractivity (Wildman–Crippen MR) is 78.4 cm³/mol. The van der Waals surface area contributed by atoms with E-state index in [9.17, 15) is 4.79 Å². The molecule has 112 valence electrons. The van der Waals surface area contributed by atoms with Gasteiger partial charge in [-0.15, -0.1) is 6.42 Å². The first-order valence-corrected chi connectivity index (χ1v) is 7.41. The summed E-state index contributed by atoms with van der Waals surface area (Å²) in [6, 6.07) is -0.380. The lowest BCUT2D eigenvalue weighted by atomic mass is 10.1. The second-order valence-corrected chi connectivity index (χ2v) is 6.04. The van der Waals surface area contributed by atoms with Crippen molar-refractivity contribution in [2.24, 2.45) is 5.92 Å². The Morgan fingerprint density at radius 2 is 2.05 bits per heavy atom. The monoisotopic (exact) mass is 279 g/mol. The molecule has 1 unspecified atom stereocenters. The predicted octanol–water partition coefficient (Wildman–Crippen LogP) is 0.808. The molecule has 0 spiro atoms. The molecule has 5 heteroatoms. The third-order valence-electron chi connectivity index (χ3n) is 4.22. The van der Waals surface area contributed by atoms with E-state index in [-0.39, 0.29) is 23.5 Å². The van der Waals surface area contributed by atoms with Gasteiger partial charge >= 0.3 is 6.03 Å². The zero-order chi connectivity index (χ0) is 14.6. The Balaban J connectivity index is 1.77. The van der Waals surface area contributed by atoms with Crippen molar-refractivity contribution in [1.29, 1.82) is 0 Å². The average Bonchev–Trinajstić information content (AvgIpc) is 3.24. The molecular formula is C15H25N3O2. The van der Waals surface area contributed by atoms with Crippen molar-refractivity contribution in [2.75, 3.05) is 32.8 Å². The van der Waals surface area contributed by atoms with Crippen LogP contribution in [0.2, 0.25) is 0 Å². The topological polar surface area (TPSA) is 53.6 Å². The summed E-state index contributed by atoms with van der Waals surface area (Å²) >= 11 is 0. The maximum Gasteiger partial charge on any atom is 0.315 e. The summed E-state index contributed by atoms with van der Waals surface area (Å²) in [7, 11) is 0. The Bertz CT molecular complexity index is 379. The maximum absolute atomic E-state index is 11.9. The standard InChI is InChI=1S/C15H25N3O2/c1-4-13(12(2)3)17-14(19)16-11-15(5-6-15)18-7-9-20-10-8-18/h1,12-13H,5-11H2,2-3H3,(H2,16,17,19). The lowest BCUT2D eigenvalue weighted by molar-refractivity contribution is 0.0102. The molecule has 1 saturated heterocycles. The average molecular weight is 279 g/mol. The van der Waals surface area contributed by atoms with Crippen LogP contribution in [0.4, 0.5) is 4.79 Å². The maximum atomic E-state index is 11.9. The smallest absolute Gasteiger partial charge is 0.315 e. The van der Waals surface area contributed by atoms with Crippen LogP contribution in [0.5, 0.6) is 0 Å². The lowest BCUT2D eigenvalue weighted by Crippen LogP contribution is -2.53. The van der Waals surface area contributed by atoms with Crippen molar-refractivity contribution in [3.8, 4) is 12.3 Å². The van der Waals surface area contributed by atoms with Crippen molar-refractivity contribution in [2.45, 2.75) is 38.3 Å². The number of carbonyl (C=O) groups excluding carboxylic acids is 1. The Morgan fingerprint density at radius 3 is 2.55 bits per heavy atom. The second-order valence-electron chi connectivity index (χ2n) is 6.04. The number of amides is 2. The Morgan fingerprint density at radius 1 is 1.40 bits per heavy atom. The third kappa shape index (κ3) is 3.65. The van der Waals surface area contributed by atoms with Crippen molar-refractivity contribution < 1.29 is 9.53 Å². The molecule has 1 saturated carbocycles. The first-order chi connectivity index (χ1) is 9.57. The van der Waals surface area contributed by atoms with Gasteiger partial charge in [0, 0.05) is 25.2 Å². The zero-order valence-electron chi connectivity index (χ0n) is 12.4. The number of hydrogen-bond donors (Lipinski definition) is 2. The number of morpholine rings is 1. The summed E-state index contributed by atoms with van der Waals surface area (Å²) in [4.78, 5) is 14.4. The van der Waals surface area contributed by atoms with Gasteiger partial charge in [-0.05, 0) is 18.8 Å². The highest BCUT2D eigenvalue weighted by Gasteiger charge is 2.48. The molecule has 0 aromatic carbocycles. The molecule has 0 aromatic heterocycles. The molecule has 20 heavy (non-hydrogen) atoms. The number of rotatable bonds is 5. The SMILES string of the molecule is C#CC(NC(=O)NCC1(N2CCOCC2)CC1)C(C)C. The van der Waals surface area contributed by atoms with Crippen molar-refractivity contribution in [3.05, 3.63) is 0 Å². The number of ether oxygens (including phenoxy) is 1. The van der Waals surface area contributed by atoms with E-state index in [4.69, 9.17) is 11.2 Å². The lowest BCUT2D eigenvalue weighted by Gasteiger charge is -2.35. The van der Waals surface area contributed by atoms with Crippen LogP contribution < -0.4 is 10.6 Å². The Hall–Kier alpha value is -1.25. The normalized spacial score (nSPS) is 22.9. The van der Waals surface area contributed by atoms with Crippen molar-refractivity contribution >= 4 is 6.03 Å². The van der Waals surface area contributed by atoms with Gasteiger partial charge in [0.2, 0.25) is 0 Å². The molecule has 1 aliphatic heterocycles. The molecule has 1 atom stereocenters. The summed E-state index contributed by atoms with van der Waals surface area (Å²) < 4.78 is 5.38. The molecule has 0 bridgehead atoms. The van der Waals surface area contributed by atoms with Gasteiger partial charge in [-0.1, -0.05) is 19.8 Å². The fourth-order valence-electron chi connectivity index (χ4n) is 2.62. The molecule has 1 aliphatic carbocycles. The number of urea groups is 1. The van der Waals surface area contributed by atoms with Crippen molar-refractivity contribution in [1.82, 2.24) is 15.5 Å². The number of terminal acetylenes is 1. The highest BCUT2D eigenvalue weighted by molar-refractivity contribution is 5.74. The van der Waals surface area contributed by atoms with E-state index < -0.39 is 0 Å². The van der Waals surface area contributed by atoms with Gasteiger partial charge in [0.1, 0.15) is 0 Å². The summed E-state index contributed by atoms with van der Waals surface area (Å²) in [6.45, 7) is 8.20.